The molecule has 0 spiro atoms. The van der Waals surface area contributed by atoms with Crippen LogP contribution in [0, 0.1) is 17.1 Å². The van der Waals surface area contributed by atoms with Crippen molar-refractivity contribution >= 4 is 8.32 Å². The second-order valence-electron chi connectivity index (χ2n) is 4.72. The maximum atomic E-state index is 13.4. The Bertz CT molecular complexity index is 426. The zero-order valence-electron chi connectivity index (χ0n) is 10.6. The van der Waals surface area contributed by atoms with E-state index in [9.17, 15) is 4.39 Å². The standard InChI is InChI=1S/C13H18FNOSi/c1-4-5-8-17(2,3)16-12-7-6-11(10-15)13(14)9-12/h6-7,9H,4-5,8H2,1-3H3. The van der Waals surface area contributed by atoms with E-state index in [2.05, 4.69) is 20.0 Å². The first-order valence-electron chi connectivity index (χ1n) is 5.87. The molecule has 0 aromatic heterocycles. The summed E-state index contributed by atoms with van der Waals surface area (Å²) in [5.41, 5.74) is 0.0605. The third-order valence-corrected chi connectivity index (χ3v) is 4.93. The lowest BCUT2D eigenvalue weighted by Crippen LogP contribution is -2.33. The molecule has 0 aliphatic rings. The fraction of sp³-hybridized carbons (Fsp3) is 0.462. The van der Waals surface area contributed by atoms with Crippen molar-refractivity contribution in [2.24, 2.45) is 0 Å². The predicted molar refractivity (Wildman–Crippen MR) is 68.9 cm³/mol. The van der Waals surface area contributed by atoms with E-state index < -0.39 is 14.1 Å². The van der Waals surface area contributed by atoms with Crippen molar-refractivity contribution in [3.63, 3.8) is 0 Å². The molecule has 17 heavy (non-hydrogen) atoms. The molecule has 0 aliphatic heterocycles. The van der Waals surface area contributed by atoms with Gasteiger partial charge in [-0.1, -0.05) is 19.8 Å². The summed E-state index contributed by atoms with van der Waals surface area (Å²) in [7, 11) is -1.77. The normalized spacial score (nSPS) is 11.0. The number of hydrogen-bond donors (Lipinski definition) is 0. The van der Waals surface area contributed by atoms with Crippen LogP contribution >= 0.6 is 0 Å². The number of halogens is 1. The Morgan fingerprint density at radius 2 is 2.12 bits per heavy atom. The number of unbranched alkanes of at least 4 members (excludes halogenated alkanes) is 1. The Labute approximate surface area is 103 Å². The Balaban J connectivity index is 2.75. The third kappa shape index (κ3) is 4.20. The summed E-state index contributed by atoms with van der Waals surface area (Å²) in [6.45, 7) is 6.39. The first kappa shape index (κ1) is 13.7. The van der Waals surface area contributed by atoms with Crippen LogP contribution in [0.5, 0.6) is 5.75 Å². The molecular formula is C13H18FNOSi. The maximum absolute atomic E-state index is 13.4. The highest BCUT2D eigenvalue weighted by Gasteiger charge is 2.23. The molecule has 1 aromatic rings. The monoisotopic (exact) mass is 251 g/mol. The zero-order chi connectivity index (χ0) is 12.9. The maximum Gasteiger partial charge on any atom is 0.245 e. The molecule has 0 amide bonds. The summed E-state index contributed by atoms with van der Waals surface area (Å²) in [6, 6.07) is 7.30. The topological polar surface area (TPSA) is 33.0 Å². The second-order valence-corrected chi connectivity index (χ2v) is 8.94. The van der Waals surface area contributed by atoms with Crippen LogP contribution in [0.2, 0.25) is 19.1 Å². The van der Waals surface area contributed by atoms with E-state index in [1.807, 2.05) is 0 Å². The molecule has 4 heteroatoms. The van der Waals surface area contributed by atoms with E-state index in [0.717, 1.165) is 18.9 Å². The van der Waals surface area contributed by atoms with Crippen LogP contribution in [-0.4, -0.2) is 8.32 Å². The van der Waals surface area contributed by atoms with Crippen LogP contribution < -0.4 is 4.43 Å². The number of hydrogen-bond acceptors (Lipinski definition) is 2. The molecule has 1 aromatic carbocycles. The fourth-order valence-electron chi connectivity index (χ4n) is 1.62. The first-order chi connectivity index (χ1) is 7.98. The number of rotatable bonds is 5. The average Bonchev–Trinajstić information content (AvgIpc) is 2.26. The average molecular weight is 251 g/mol. The van der Waals surface area contributed by atoms with Gasteiger partial charge in [0.15, 0.2) is 0 Å². The summed E-state index contributed by atoms with van der Waals surface area (Å²) in [5.74, 6) is 0.0274. The zero-order valence-corrected chi connectivity index (χ0v) is 11.6. The molecule has 0 aliphatic carbocycles. The smallest absolute Gasteiger partial charge is 0.245 e. The second kappa shape index (κ2) is 5.83. The van der Waals surface area contributed by atoms with Gasteiger partial charge in [-0.25, -0.2) is 4.39 Å². The Morgan fingerprint density at radius 1 is 1.41 bits per heavy atom. The summed E-state index contributed by atoms with van der Waals surface area (Å²) < 4.78 is 19.3. The lowest BCUT2D eigenvalue weighted by atomic mass is 10.2. The van der Waals surface area contributed by atoms with Crippen LogP contribution in [0.1, 0.15) is 25.3 Å². The van der Waals surface area contributed by atoms with Crippen LogP contribution in [0.4, 0.5) is 4.39 Å². The van der Waals surface area contributed by atoms with Crippen molar-refractivity contribution in [1.29, 1.82) is 5.26 Å². The molecule has 0 unspecified atom stereocenters. The van der Waals surface area contributed by atoms with Gasteiger partial charge in [-0.15, -0.1) is 0 Å². The Hall–Kier alpha value is -1.34. The van der Waals surface area contributed by atoms with Gasteiger partial charge in [0.05, 0.1) is 5.56 Å². The molecule has 0 saturated carbocycles. The van der Waals surface area contributed by atoms with E-state index in [4.69, 9.17) is 9.69 Å². The molecule has 0 N–H and O–H groups in total. The van der Waals surface area contributed by atoms with E-state index in [1.54, 1.807) is 12.1 Å². The molecular weight excluding hydrogens is 233 g/mol. The SMILES string of the molecule is CCCC[Si](C)(C)Oc1ccc(C#N)c(F)c1. The van der Waals surface area contributed by atoms with E-state index >= 15 is 0 Å². The van der Waals surface area contributed by atoms with E-state index in [1.165, 1.54) is 12.1 Å². The number of nitriles is 1. The van der Waals surface area contributed by atoms with Crippen molar-refractivity contribution in [2.45, 2.75) is 38.9 Å². The van der Waals surface area contributed by atoms with Crippen molar-refractivity contribution < 1.29 is 8.82 Å². The lowest BCUT2D eigenvalue weighted by molar-refractivity contribution is 0.531. The van der Waals surface area contributed by atoms with Crippen molar-refractivity contribution in [1.82, 2.24) is 0 Å². The van der Waals surface area contributed by atoms with Gasteiger partial charge in [-0.05, 0) is 31.3 Å². The van der Waals surface area contributed by atoms with Gasteiger partial charge in [0.25, 0.3) is 0 Å². The van der Waals surface area contributed by atoms with Gasteiger partial charge < -0.3 is 4.43 Å². The van der Waals surface area contributed by atoms with E-state index in [0.29, 0.717) is 5.75 Å². The van der Waals surface area contributed by atoms with Gasteiger partial charge in [-0.2, -0.15) is 5.26 Å². The minimum absolute atomic E-state index is 0.0605. The summed E-state index contributed by atoms with van der Waals surface area (Å²) >= 11 is 0. The van der Waals surface area contributed by atoms with Crippen LogP contribution in [0.15, 0.2) is 18.2 Å². The lowest BCUT2D eigenvalue weighted by Gasteiger charge is -2.24. The highest BCUT2D eigenvalue weighted by atomic mass is 28.4. The molecule has 0 saturated heterocycles. The summed E-state index contributed by atoms with van der Waals surface area (Å²) in [4.78, 5) is 0. The summed E-state index contributed by atoms with van der Waals surface area (Å²) in [6.07, 6.45) is 2.28. The Morgan fingerprint density at radius 3 is 2.65 bits per heavy atom. The first-order valence-corrected chi connectivity index (χ1v) is 8.98. The molecule has 2 nitrogen and oxygen atoms in total. The molecule has 0 heterocycles. The quantitative estimate of drug-likeness (QED) is 0.739. The van der Waals surface area contributed by atoms with Crippen molar-refractivity contribution in [2.75, 3.05) is 0 Å². The molecule has 1 rings (SSSR count). The molecule has 0 radical (unpaired) electrons. The van der Waals surface area contributed by atoms with Crippen LogP contribution in [0.3, 0.4) is 0 Å². The number of benzene rings is 1. The largest absolute Gasteiger partial charge is 0.544 e. The van der Waals surface area contributed by atoms with Gasteiger partial charge in [0.2, 0.25) is 8.32 Å². The summed E-state index contributed by atoms with van der Waals surface area (Å²) in [5, 5.41) is 8.64. The van der Waals surface area contributed by atoms with Crippen LogP contribution in [0.25, 0.3) is 0 Å². The van der Waals surface area contributed by atoms with Gasteiger partial charge in [0, 0.05) is 6.07 Å². The van der Waals surface area contributed by atoms with Crippen LogP contribution in [-0.2, 0) is 0 Å². The molecule has 0 fully saturated rings. The molecule has 0 bridgehead atoms. The van der Waals surface area contributed by atoms with E-state index in [-0.39, 0.29) is 5.56 Å². The molecule has 92 valence electrons. The minimum Gasteiger partial charge on any atom is -0.544 e. The fourth-order valence-corrected chi connectivity index (χ4v) is 3.69. The van der Waals surface area contributed by atoms with Gasteiger partial charge in [0.1, 0.15) is 17.6 Å². The highest BCUT2D eigenvalue weighted by molar-refractivity contribution is 6.71. The third-order valence-electron chi connectivity index (χ3n) is 2.59. The van der Waals surface area contributed by atoms with Gasteiger partial charge >= 0.3 is 0 Å². The minimum atomic E-state index is -1.77. The van der Waals surface area contributed by atoms with Gasteiger partial charge in [-0.3, -0.25) is 0 Å². The Kier molecular flexibility index (Phi) is 4.70. The van der Waals surface area contributed by atoms with Crippen molar-refractivity contribution in [3.8, 4) is 11.8 Å². The number of nitrogens with zero attached hydrogens (tertiary/aromatic N) is 1. The highest BCUT2D eigenvalue weighted by Crippen LogP contribution is 2.22. The predicted octanol–water partition coefficient (Wildman–Crippen LogP) is 4.08. The molecule has 0 atom stereocenters. The van der Waals surface area contributed by atoms with Crippen molar-refractivity contribution in [3.05, 3.63) is 29.6 Å².